The van der Waals surface area contributed by atoms with E-state index in [2.05, 4.69) is 37.1 Å². The Kier molecular flexibility index (Phi) is 29.4. The predicted octanol–water partition coefficient (Wildman–Crippen LogP) is 14.5. The van der Waals surface area contributed by atoms with Gasteiger partial charge >= 0.3 is 5.92 Å². The number of hydrogen-bond donors (Lipinski definition) is 0. The molecule has 11 rings (SSSR count). The van der Waals surface area contributed by atoms with Crippen LogP contribution in [0.2, 0.25) is 0 Å². The molecule has 8 nitrogen and oxygen atoms in total. The first-order valence-electron chi connectivity index (χ1n) is 24.7. The van der Waals surface area contributed by atoms with Gasteiger partial charge in [-0.05, 0) is 79.2 Å². The van der Waals surface area contributed by atoms with E-state index in [-0.39, 0.29) is 142 Å². The van der Waals surface area contributed by atoms with E-state index in [0.717, 1.165) is 27.8 Å². The van der Waals surface area contributed by atoms with Crippen molar-refractivity contribution >= 4 is 56.0 Å². The second kappa shape index (κ2) is 32.8. The van der Waals surface area contributed by atoms with E-state index < -0.39 is 107 Å². The molecule has 0 aliphatic heterocycles. The fourth-order valence-corrected chi connectivity index (χ4v) is 8.09. The van der Waals surface area contributed by atoms with E-state index in [0.29, 0.717) is 17.4 Å². The summed E-state index contributed by atoms with van der Waals surface area (Å²) in [5.41, 5.74) is 1.67. The summed E-state index contributed by atoms with van der Waals surface area (Å²) < 4.78 is 196. The molecule has 479 valence electrons. The van der Waals surface area contributed by atoms with Crippen LogP contribution in [0, 0.1) is 51.2 Å². The number of carbonyl (C=O) groups is 3. The number of hydrogen-bond acceptors (Lipinski definition) is 8. The average Bonchev–Trinajstić information content (AvgIpc) is 1.94. The molecule has 0 spiro atoms. The SMILES string of the molecule is Cc1ccnc(C2=[C-]C(F)(F)C(F)=C(F)C2=O)c1.Cc1cnc(C2=[C-]C(F)(F)CCC2(F)F)cc1C.FC1(F)C[C-]=C(c2ccccn2)CC1.FC1[C-]=C(c2ccccn2)C(F)C1F.O=C1[C-]=C(c2nccc3ccccc23)C(=O)C1(F)F.[Ir].[Ir].[Ir].[Ir].[Ir]. The summed E-state index contributed by atoms with van der Waals surface area (Å²) in [7, 11) is 0. The van der Waals surface area contributed by atoms with Crippen molar-refractivity contribution in [2.24, 2.45) is 0 Å². The first-order chi connectivity index (χ1) is 38.9. The van der Waals surface area contributed by atoms with E-state index >= 15 is 0 Å². The predicted molar refractivity (Wildman–Crippen MR) is 273 cm³/mol. The number of carbonyl (C=O) groups excluding carboxylic acids is 3. The monoisotopic (exact) mass is 2130 g/mol. The third-order valence-corrected chi connectivity index (χ3v) is 12.7. The van der Waals surface area contributed by atoms with Crippen molar-refractivity contribution in [3.05, 3.63) is 203 Å². The Hall–Kier alpha value is -5.12. The van der Waals surface area contributed by atoms with Gasteiger partial charge in [0.2, 0.25) is 11.8 Å². The fraction of sp³-hybridized carbons (Fsp3) is 0.267. The molecule has 0 amide bonds. The number of allylic oxidation sites excluding steroid dienone is 12. The molecule has 0 fully saturated rings. The minimum Gasteiger partial charge on any atom is -0.364 e. The number of halogens is 15. The Labute approximate surface area is 561 Å². The molecule has 3 unspecified atom stereocenters. The van der Waals surface area contributed by atoms with E-state index in [1.165, 1.54) is 49.1 Å². The third-order valence-electron chi connectivity index (χ3n) is 12.7. The van der Waals surface area contributed by atoms with Crippen LogP contribution >= 0.6 is 0 Å². The number of pyridine rings is 5. The van der Waals surface area contributed by atoms with Crippen molar-refractivity contribution < 1.29 is 181 Å². The van der Waals surface area contributed by atoms with E-state index in [1.807, 2.05) is 24.3 Å². The summed E-state index contributed by atoms with van der Waals surface area (Å²) in [6, 6.07) is 23.1. The molecule has 3 atom stereocenters. The largest absolute Gasteiger partial charge is 0.364 e. The number of aryl methyl sites for hydroxylation is 3. The van der Waals surface area contributed by atoms with Crippen LogP contribution < -0.4 is 0 Å². The maximum atomic E-state index is 13.7. The normalized spacial score (nSPS) is 20.4. The molecule has 5 aliphatic rings. The Bertz CT molecular complexity index is 3640. The van der Waals surface area contributed by atoms with Crippen molar-refractivity contribution in [2.75, 3.05) is 0 Å². The van der Waals surface area contributed by atoms with Gasteiger partial charge in [0.1, 0.15) is 17.7 Å². The van der Waals surface area contributed by atoms with Gasteiger partial charge in [-0.1, -0.05) is 77.1 Å². The molecule has 5 aromatic heterocycles. The zero-order valence-corrected chi connectivity index (χ0v) is 57.0. The van der Waals surface area contributed by atoms with Crippen LogP contribution in [0.5, 0.6) is 0 Å². The van der Waals surface area contributed by atoms with Gasteiger partial charge in [0.05, 0.1) is 6.17 Å². The number of aromatic nitrogens is 5. The van der Waals surface area contributed by atoms with E-state index in [4.69, 9.17) is 0 Å². The number of benzene rings is 1. The van der Waals surface area contributed by atoms with Gasteiger partial charge in [-0.25, -0.2) is 67.5 Å². The van der Waals surface area contributed by atoms with Gasteiger partial charge in [0.25, 0.3) is 5.92 Å². The van der Waals surface area contributed by atoms with E-state index in [9.17, 15) is 80.2 Å². The molecule has 0 bridgehead atoms. The molecule has 1 aromatic carbocycles. The molecule has 88 heavy (non-hydrogen) atoms. The van der Waals surface area contributed by atoms with Gasteiger partial charge in [0.15, 0.2) is 29.5 Å². The van der Waals surface area contributed by atoms with Crippen molar-refractivity contribution in [1.29, 1.82) is 0 Å². The van der Waals surface area contributed by atoms with Crippen molar-refractivity contribution in [3.63, 3.8) is 0 Å². The van der Waals surface area contributed by atoms with Gasteiger partial charge in [0, 0.05) is 151 Å². The average molecular weight is 2130 g/mol. The first-order valence-corrected chi connectivity index (χ1v) is 24.7. The maximum absolute atomic E-state index is 13.7. The van der Waals surface area contributed by atoms with Crippen molar-refractivity contribution in [1.82, 2.24) is 24.9 Å². The van der Waals surface area contributed by atoms with Gasteiger partial charge < -0.3 is 39.3 Å². The first kappa shape index (κ1) is 79.0. The van der Waals surface area contributed by atoms with Crippen LogP contribution in [0.1, 0.15) is 77.3 Å². The van der Waals surface area contributed by atoms with E-state index in [1.54, 1.807) is 81.6 Å². The van der Waals surface area contributed by atoms with Gasteiger partial charge in [-0.3, -0.25) is 10.5 Å². The summed E-state index contributed by atoms with van der Waals surface area (Å²) in [5, 5.41) is 1.28. The Morgan fingerprint density at radius 2 is 1.19 bits per heavy atom. The van der Waals surface area contributed by atoms with Crippen molar-refractivity contribution in [3.8, 4) is 0 Å². The number of alkyl halides is 13. The zero-order valence-electron chi connectivity index (χ0n) is 45.0. The Morgan fingerprint density at radius 3 is 1.74 bits per heavy atom. The molecular weight excluding hydrogens is 2080 g/mol. The molecule has 5 radical (unpaired) electrons. The molecule has 28 heteroatoms. The summed E-state index contributed by atoms with van der Waals surface area (Å²) >= 11 is 0. The van der Waals surface area contributed by atoms with Crippen LogP contribution in [0.15, 0.2) is 128 Å². The summed E-state index contributed by atoms with van der Waals surface area (Å²) in [6.45, 7) is 5.14. The standard InChI is InChI=1S/C14H6F2NO2.C13H12F4N.C12H6F4NO.C11H10F2N.C10H7F3N.5Ir/c15-14(16)11(18)7-10(13(14)19)12-9-4-2-1-3-8(9)5-6-17-12;1-8-5-11(18-7-9(8)2)10-6-12(14,15)3-4-13(10,16)17;1-6-2-3-17-8(4-6)7-5-12(15,16)11(14)9(13)10(7)18;12-11(13)6-4-9(5-7-11)10-3-1-2-8-14-10;11-7-5-6(9(12)10(7)13)8-3-1-2-4-14-8;;;;;/h1-6H;5,7H,3-4H2,1-2H3;2-4H,1H3;1-3,8H,4,6-7H2;1-4,7,9-10H;;;;;/q5*-1;;;;;. The number of rotatable bonds is 5. The summed E-state index contributed by atoms with van der Waals surface area (Å²) in [5.74, 6) is -26.6. The van der Waals surface area contributed by atoms with Crippen LogP contribution in [0.3, 0.4) is 0 Å². The Morgan fingerprint density at radius 1 is 0.591 bits per heavy atom. The van der Waals surface area contributed by atoms with Gasteiger partial charge in [-0.2, -0.15) is 17.2 Å². The summed E-state index contributed by atoms with van der Waals surface area (Å²) in [4.78, 5) is 53.4. The van der Waals surface area contributed by atoms with Crippen LogP contribution in [0.4, 0.5) is 65.9 Å². The minimum atomic E-state index is -4.25. The molecule has 0 N–H and O–H groups in total. The number of Topliss-reactive ketones (excluding diaryl/α,β-unsaturated/α-hetero) is 3. The molecule has 6 aromatic rings. The molecule has 5 aliphatic carbocycles. The molecule has 0 saturated heterocycles. The maximum Gasteiger partial charge on any atom is 0.316 e. The molecular formula is C60H41F15Ir5N5O3-5. The smallest absolute Gasteiger partial charge is 0.316 e. The van der Waals surface area contributed by atoms with Crippen LogP contribution in [0.25, 0.3) is 38.6 Å². The topological polar surface area (TPSA) is 116 Å². The number of nitrogens with zero attached hydrogens (tertiary/aromatic N) is 5. The number of fused-ring (bicyclic) bond motifs is 1. The van der Waals surface area contributed by atoms with Crippen LogP contribution in [-0.2, 0) is 115 Å². The minimum absolute atomic E-state index is 0. The third kappa shape index (κ3) is 19.2. The van der Waals surface area contributed by atoms with Crippen LogP contribution in [-0.4, -0.2) is 90.4 Å². The van der Waals surface area contributed by atoms with Gasteiger partial charge in [-0.15, -0.1) is 47.1 Å². The second-order valence-electron chi connectivity index (χ2n) is 18.8. The zero-order chi connectivity index (χ0) is 60.8. The molecule has 5 heterocycles. The van der Waals surface area contributed by atoms with Crippen molar-refractivity contribution in [2.45, 2.75) is 101 Å². The number of ketones is 3. The quantitative estimate of drug-likeness (QED) is 0.0952. The Balaban J connectivity index is 0.000000372. The fourth-order valence-electron chi connectivity index (χ4n) is 8.09. The summed E-state index contributed by atoms with van der Waals surface area (Å²) in [6.07, 6.45) is 9.07. The second-order valence-corrected chi connectivity index (χ2v) is 18.8. The molecule has 0 saturated carbocycles.